The van der Waals surface area contributed by atoms with Gasteiger partial charge in [-0.3, -0.25) is 0 Å². The molecule has 0 amide bonds. The van der Waals surface area contributed by atoms with E-state index in [9.17, 15) is 0 Å². The lowest BCUT2D eigenvalue weighted by atomic mass is 10.2. The topological polar surface area (TPSA) is 40.2 Å². The zero-order valence-electron chi connectivity index (χ0n) is 11.8. The van der Waals surface area contributed by atoms with Crippen LogP contribution in [0.4, 0.5) is 5.69 Å². The zero-order chi connectivity index (χ0) is 14.1. The van der Waals surface area contributed by atoms with Gasteiger partial charge in [-0.05, 0) is 36.2 Å². The predicted octanol–water partition coefficient (Wildman–Crippen LogP) is 3.59. The summed E-state index contributed by atoms with van der Waals surface area (Å²) in [6.45, 7) is 2.93. The number of hydrogen-bond donors (Lipinski definition) is 1. The summed E-state index contributed by atoms with van der Waals surface area (Å²) in [5, 5.41) is 1.29. The number of benzene rings is 2. The molecule has 102 valence electrons. The molecule has 0 saturated heterocycles. The van der Waals surface area contributed by atoms with Crippen molar-refractivity contribution in [2.24, 2.45) is 0 Å². The van der Waals surface area contributed by atoms with Crippen LogP contribution in [0.25, 0.3) is 10.9 Å². The molecule has 0 aliphatic carbocycles. The Kier molecular flexibility index (Phi) is 3.11. The smallest absolute Gasteiger partial charge is 0.121 e. The van der Waals surface area contributed by atoms with Crippen LogP contribution in [0.1, 0.15) is 11.1 Å². The minimum atomic E-state index is 0.729. The predicted molar refractivity (Wildman–Crippen MR) is 83.2 cm³/mol. The van der Waals surface area contributed by atoms with Crippen LogP contribution in [-0.2, 0) is 6.54 Å². The van der Waals surface area contributed by atoms with Gasteiger partial charge < -0.3 is 15.0 Å². The first-order chi connectivity index (χ1) is 9.67. The zero-order valence-corrected chi connectivity index (χ0v) is 11.8. The van der Waals surface area contributed by atoms with Crippen molar-refractivity contribution in [3.8, 4) is 5.75 Å². The van der Waals surface area contributed by atoms with Crippen LogP contribution in [0, 0.1) is 6.92 Å². The Hall–Kier alpha value is -2.42. The van der Waals surface area contributed by atoms with Gasteiger partial charge in [0.1, 0.15) is 5.75 Å². The van der Waals surface area contributed by atoms with Crippen LogP contribution in [0.15, 0.2) is 48.7 Å². The van der Waals surface area contributed by atoms with E-state index in [2.05, 4.69) is 42.0 Å². The number of nitrogens with zero attached hydrogens (tertiary/aromatic N) is 1. The van der Waals surface area contributed by atoms with Crippen molar-refractivity contribution < 1.29 is 4.74 Å². The van der Waals surface area contributed by atoms with Crippen LogP contribution in [0.2, 0.25) is 0 Å². The van der Waals surface area contributed by atoms with Gasteiger partial charge in [-0.1, -0.05) is 18.2 Å². The second-order valence-electron chi connectivity index (χ2n) is 5.07. The average Bonchev–Trinajstić information content (AvgIpc) is 2.75. The molecule has 0 unspecified atom stereocenters. The highest BCUT2D eigenvalue weighted by Gasteiger charge is 2.06. The van der Waals surface area contributed by atoms with Crippen LogP contribution < -0.4 is 10.5 Å². The van der Waals surface area contributed by atoms with Gasteiger partial charge in [-0.2, -0.15) is 0 Å². The third-order valence-electron chi connectivity index (χ3n) is 3.57. The number of fused-ring (bicyclic) bond motifs is 1. The van der Waals surface area contributed by atoms with Crippen molar-refractivity contribution in [1.29, 1.82) is 0 Å². The summed E-state index contributed by atoms with van der Waals surface area (Å²) >= 11 is 0. The lowest BCUT2D eigenvalue weighted by Crippen LogP contribution is -2.00. The fourth-order valence-corrected chi connectivity index (χ4v) is 2.65. The number of aromatic nitrogens is 1. The van der Waals surface area contributed by atoms with Crippen molar-refractivity contribution in [1.82, 2.24) is 4.57 Å². The van der Waals surface area contributed by atoms with E-state index in [0.717, 1.165) is 23.5 Å². The van der Waals surface area contributed by atoms with E-state index >= 15 is 0 Å². The first-order valence-electron chi connectivity index (χ1n) is 6.65. The number of nitrogens with two attached hydrogens (primary N) is 1. The molecule has 3 rings (SSSR count). The highest BCUT2D eigenvalue weighted by molar-refractivity contribution is 5.83. The van der Waals surface area contributed by atoms with Crippen LogP contribution >= 0.6 is 0 Å². The van der Waals surface area contributed by atoms with Crippen LogP contribution in [0.3, 0.4) is 0 Å². The number of methoxy groups -OCH3 is 1. The molecule has 0 atom stereocenters. The molecule has 3 nitrogen and oxygen atoms in total. The van der Waals surface area contributed by atoms with Gasteiger partial charge in [0, 0.05) is 35.4 Å². The van der Waals surface area contributed by atoms with E-state index in [0.29, 0.717) is 0 Å². The normalized spacial score (nSPS) is 10.9. The molecule has 0 radical (unpaired) electrons. The molecule has 0 fully saturated rings. The SMILES string of the molecule is COc1cc(N)cc(Cn2cc(C)c3ccccc32)c1. The lowest BCUT2D eigenvalue weighted by Gasteiger charge is -2.09. The maximum absolute atomic E-state index is 5.92. The monoisotopic (exact) mass is 266 g/mol. The van der Waals surface area contributed by atoms with Crippen molar-refractivity contribution in [2.45, 2.75) is 13.5 Å². The van der Waals surface area contributed by atoms with Gasteiger partial charge in [0.05, 0.1) is 7.11 Å². The number of anilines is 1. The summed E-state index contributed by atoms with van der Waals surface area (Å²) in [4.78, 5) is 0. The first-order valence-corrected chi connectivity index (χ1v) is 6.65. The summed E-state index contributed by atoms with van der Waals surface area (Å²) in [6, 6.07) is 14.3. The highest BCUT2D eigenvalue weighted by atomic mass is 16.5. The van der Waals surface area contributed by atoms with Crippen molar-refractivity contribution in [3.63, 3.8) is 0 Å². The number of aryl methyl sites for hydroxylation is 1. The summed E-state index contributed by atoms with van der Waals surface area (Å²) in [5.74, 6) is 0.799. The molecule has 3 heteroatoms. The molecule has 1 heterocycles. The van der Waals surface area contributed by atoms with Gasteiger partial charge in [-0.15, -0.1) is 0 Å². The van der Waals surface area contributed by atoms with E-state index in [1.807, 2.05) is 18.2 Å². The molecule has 2 N–H and O–H groups in total. The summed E-state index contributed by atoms with van der Waals surface area (Å²) in [5.41, 5.74) is 10.3. The number of hydrogen-bond acceptors (Lipinski definition) is 2. The fourth-order valence-electron chi connectivity index (χ4n) is 2.65. The number of para-hydroxylation sites is 1. The Morgan fingerprint density at radius 2 is 1.95 bits per heavy atom. The number of rotatable bonds is 3. The van der Waals surface area contributed by atoms with E-state index < -0.39 is 0 Å². The maximum atomic E-state index is 5.92. The standard InChI is InChI=1S/C17H18N2O/c1-12-10-19(17-6-4-3-5-16(12)17)11-13-7-14(18)9-15(8-13)20-2/h3-10H,11,18H2,1-2H3. The van der Waals surface area contributed by atoms with Gasteiger partial charge in [0.2, 0.25) is 0 Å². The molecule has 1 aromatic heterocycles. The second kappa shape index (κ2) is 4.93. The third kappa shape index (κ3) is 2.23. The summed E-state index contributed by atoms with van der Waals surface area (Å²) < 4.78 is 7.53. The Morgan fingerprint density at radius 3 is 2.75 bits per heavy atom. The Balaban J connectivity index is 2.03. The Labute approximate surface area is 118 Å². The molecule has 0 aliphatic rings. The lowest BCUT2D eigenvalue weighted by molar-refractivity contribution is 0.414. The highest BCUT2D eigenvalue weighted by Crippen LogP contribution is 2.24. The maximum Gasteiger partial charge on any atom is 0.121 e. The van der Waals surface area contributed by atoms with E-state index in [1.165, 1.54) is 16.5 Å². The van der Waals surface area contributed by atoms with E-state index in [1.54, 1.807) is 7.11 Å². The molecule has 2 aromatic carbocycles. The van der Waals surface area contributed by atoms with Gasteiger partial charge in [0.15, 0.2) is 0 Å². The summed E-state index contributed by atoms with van der Waals surface area (Å²) in [7, 11) is 1.66. The van der Waals surface area contributed by atoms with Crippen LogP contribution in [0.5, 0.6) is 5.75 Å². The van der Waals surface area contributed by atoms with Gasteiger partial charge in [0.25, 0.3) is 0 Å². The van der Waals surface area contributed by atoms with Crippen LogP contribution in [-0.4, -0.2) is 11.7 Å². The molecule has 20 heavy (non-hydrogen) atoms. The van der Waals surface area contributed by atoms with Gasteiger partial charge >= 0.3 is 0 Å². The van der Waals surface area contributed by atoms with Gasteiger partial charge in [-0.25, -0.2) is 0 Å². The molecule has 3 aromatic rings. The quantitative estimate of drug-likeness (QED) is 0.736. The van der Waals surface area contributed by atoms with Crippen molar-refractivity contribution in [3.05, 3.63) is 59.8 Å². The number of ether oxygens (including phenoxy) is 1. The molecule has 0 spiro atoms. The molecular weight excluding hydrogens is 248 g/mol. The molecule has 0 bridgehead atoms. The van der Waals surface area contributed by atoms with Crippen molar-refractivity contribution >= 4 is 16.6 Å². The average molecular weight is 266 g/mol. The second-order valence-corrected chi connectivity index (χ2v) is 5.07. The molecule has 0 aliphatic heterocycles. The Bertz CT molecular complexity index is 759. The Morgan fingerprint density at radius 1 is 1.15 bits per heavy atom. The number of nitrogen functional groups attached to an aromatic ring is 1. The van der Waals surface area contributed by atoms with E-state index in [-0.39, 0.29) is 0 Å². The van der Waals surface area contributed by atoms with E-state index in [4.69, 9.17) is 10.5 Å². The molecular formula is C17H18N2O. The summed E-state index contributed by atoms with van der Waals surface area (Å²) in [6.07, 6.45) is 2.18. The fraction of sp³-hybridized carbons (Fsp3) is 0.176. The minimum Gasteiger partial charge on any atom is -0.497 e. The molecule has 0 saturated carbocycles. The largest absolute Gasteiger partial charge is 0.497 e. The van der Waals surface area contributed by atoms with Crippen molar-refractivity contribution in [2.75, 3.05) is 12.8 Å². The third-order valence-corrected chi connectivity index (χ3v) is 3.57. The minimum absolute atomic E-state index is 0.729. The first kappa shape index (κ1) is 12.6.